The Labute approximate surface area is 116 Å². The van der Waals surface area contributed by atoms with Gasteiger partial charge < -0.3 is 4.74 Å². The molecule has 6 heteroatoms. The molecule has 0 atom stereocenters. The summed E-state index contributed by atoms with van der Waals surface area (Å²) < 4.78 is 32.2. The van der Waals surface area contributed by atoms with Crippen molar-refractivity contribution in [2.24, 2.45) is 0 Å². The van der Waals surface area contributed by atoms with Crippen LogP contribution in [0.2, 0.25) is 5.02 Å². The summed E-state index contributed by atoms with van der Waals surface area (Å²) in [6, 6.07) is 4.03. The number of hydrogen-bond donors (Lipinski definition) is 0. The van der Waals surface area contributed by atoms with E-state index in [1.54, 1.807) is 12.3 Å². The van der Waals surface area contributed by atoms with E-state index < -0.39 is 11.6 Å². The van der Waals surface area contributed by atoms with Crippen molar-refractivity contribution in [3.05, 3.63) is 57.3 Å². The van der Waals surface area contributed by atoms with Crippen LogP contribution in [0.5, 0.6) is 5.75 Å². The molecule has 0 aliphatic heterocycles. The van der Waals surface area contributed by atoms with Gasteiger partial charge in [-0.1, -0.05) is 27.5 Å². The second kappa shape index (κ2) is 5.63. The van der Waals surface area contributed by atoms with Gasteiger partial charge in [0.1, 0.15) is 6.61 Å². The van der Waals surface area contributed by atoms with E-state index in [0.717, 1.165) is 6.07 Å². The van der Waals surface area contributed by atoms with E-state index in [4.69, 9.17) is 16.3 Å². The van der Waals surface area contributed by atoms with E-state index in [1.165, 1.54) is 12.3 Å². The van der Waals surface area contributed by atoms with E-state index >= 15 is 0 Å². The third kappa shape index (κ3) is 2.97. The maximum absolute atomic E-state index is 13.4. The standard InChI is InChI=1S/C12H7BrClF2NO/c13-8-3-10(15)12(16)11(4-8)18-6-7-1-2-17-5-9(7)14/h1-5H,6H2. The summed E-state index contributed by atoms with van der Waals surface area (Å²) in [5.74, 6) is -2.17. The van der Waals surface area contributed by atoms with Gasteiger partial charge in [0.2, 0.25) is 5.82 Å². The molecule has 2 rings (SSSR count). The Morgan fingerprint density at radius 1 is 1.33 bits per heavy atom. The Morgan fingerprint density at radius 3 is 2.83 bits per heavy atom. The lowest BCUT2D eigenvalue weighted by Gasteiger charge is -2.09. The fraction of sp³-hybridized carbons (Fsp3) is 0.0833. The van der Waals surface area contributed by atoms with Gasteiger partial charge in [0.15, 0.2) is 11.6 Å². The van der Waals surface area contributed by atoms with Gasteiger partial charge in [0, 0.05) is 22.4 Å². The van der Waals surface area contributed by atoms with Crippen molar-refractivity contribution >= 4 is 27.5 Å². The molecule has 1 aromatic carbocycles. The highest BCUT2D eigenvalue weighted by atomic mass is 79.9. The van der Waals surface area contributed by atoms with Crippen molar-refractivity contribution in [1.29, 1.82) is 0 Å². The van der Waals surface area contributed by atoms with E-state index in [2.05, 4.69) is 20.9 Å². The lowest BCUT2D eigenvalue weighted by atomic mass is 10.3. The normalized spacial score (nSPS) is 10.4. The Balaban J connectivity index is 2.18. The fourth-order valence-electron chi connectivity index (χ4n) is 1.31. The number of hydrogen-bond acceptors (Lipinski definition) is 2. The van der Waals surface area contributed by atoms with Crippen molar-refractivity contribution in [3.63, 3.8) is 0 Å². The molecule has 2 aromatic rings. The first kappa shape index (κ1) is 13.2. The monoisotopic (exact) mass is 333 g/mol. The summed E-state index contributed by atoms with van der Waals surface area (Å²) in [6.07, 6.45) is 3.00. The zero-order chi connectivity index (χ0) is 13.1. The van der Waals surface area contributed by atoms with Crippen LogP contribution in [0.25, 0.3) is 0 Å². The molecule has 0 fully saturated rings. The van der Waals surface area contributed by atoms with Crippen LogP contribution in [0.4, 0.5) is 8.78 Å². The molecule has 0 aliphatic rings. The second-order valence-electron chi connectivity index (χ2n) is 3.46. The number of nitrogens with zero attached hydrogens (tertiary/aromatic N) is 1. The quantitative estimate of drug-likeness (QED) is 0.778. The van der Waals surface area contributed by atoms with E-state index in [9.17, 15) is 8.78 Å². The molecule has 0 unspecified atom stereocenters. The smallest absolute Gasteiger partial charge is 0.200 e. The maximum Gasteiger partial charge on any atom is 0.200 e. The first-order valence-electron chi connectivity index (χ1n) is 4.93. The highest BCUT2D eigenvalue weighted by Gasteiger charge is 2.12. The summed E-state index contributed by atoms with van der Waals surface area (Å²) in [4.78, 5) is 3.82. The lowest BCUT2D eigenvalue weighted by Crippen LogP contribution is -2.00. The summed E-state index contributed by atoms with van der Waals surface area (Å²) in [7, 11) is 0. The number of aromatic nitrogens is 1. The molecule has 18 heavy (non-hydrogen) atoms. The molecule has 1 heterocycles. The largest absolute Gasteiger partial charge is 0.486 e. The van der Waals surface area contributed by atoms with Crippen molar-refractivity contribution in [2.45, 2.75) is 6.61 Å². The Kier molecular flexibility index (Phi) is 4.14. The van der Waals surface area contributed by atoms with Crippen LogP contribution in [0.1, 0.15) is 5.56 Å². The molecule has 1 aromatic heterocycles. The van der Waals surface area contributed by atoms with Gasteiger partial charge in [-0.2, -0.15) is 4.39 Å². The van der Waals surface area contributed by atoms with Crippen LogP contribution >= 0.6 is 27.5 Å². The van der Waals surface area contributed by atoms with Crippen molar-refractivity contribution in [2.75, 3.05) is 0 Å². The highest BCUT2D eigenvalue weighted by molar-refractivity contribution is 9.10. The zero-order valence-corrected chi connectivity index (χ0v) is 11.3. The molecule has 0 bridgehead atoms. The molecule has 0 amide bonds. The SMILES string of the molecule is Fc1cc(Br)cc(OCc2ccncc2Cl)c1F. The van der Waals surface area contributed by atoms with Crippen molar-refractivity contribution < 1.29 is 13.5 Å². The molecule has 0 saturated heterocycles. The minimum atomic E-state index is -1.02. The van der Waals surface area contributed by atoms with E-state index in [-0.39, 0.29) is 12.4 Å². The van der Waals surface area contributed by atoms with Gasteiger partial charge in [-0.05, 0) is 18.2 Å². The van der Waals surface area contributed by atoms with Gasteiger partial charge in [-0.25, -0.2) is 4.39 Å². The highest BCUT2D eigenvalue weighted by Crippen LogP contribution is 2.26. The van der Waals surface area contributed by atoms with Crippen LogP contribution in [-0.2, 0) is 6.61 Å². The minimum absolute atomic E-state index is 0.0359. The number of halogens is 4. The molecule has 2 nitrogen and oxygen atoms in total. The molecular formula is C12H7BrClF2NO. The Bertz CT molecular complexity index is 580. The third-order valence-electron chi connectivity index (χ3n) is 2.20. The molecule has 0 N–H and O–H groups in total. The van der Waals surface area contributed by atoms with Crippen molar-refractivity contribution in [1.82, 2.24) is 4.98 Å². The Morgan fingerprint density at radius 2 is 2.11 bits per heavy atom. The summed E-state index contributed by atoms with van der Waals surface area (Å²) in [6.45, 7) is 0.0359. The van der Waals surface area contributed by atoms with Gasteiger partial charge >= 0.3 is 0 Å². The number of rotatable bonds is 3. The predicted molar refractivity (Wildman–Crippen MR) is 67.6 cm³/mol. The molecule has 0 saturated carbocycles. The third-order valence-corrected chi connectivity index (χ3v) is 3.00. The van der Waals surface area contributed by atoms with Gasteiger partial charge in [-0.3, -0.25) is 4.98 Å². The topological polar surface area (TPSA) is 22.1 Å². The van der Waals surface area contributed by atoms with Crippen LogP contribution in [0.15, 0.2) is 35.1 Å². The second-order valence-corrected chi connectivity index (χ2v) is 4.78. The number of benzene rings is 1. The molecule has 0 spiro atoms. The lowest BCUT2D eigenvalue weighted by molar-refractivity contribution is 0.284. The molecule has 0 aliphatic carbocycles. The van der Waals surface area contributed by atoms with Crippen molar-refractivity contribution in [3.8, 4) is 5.75 Å². The first-order chi connectivity index (χ1) is 8.58. The average Bonchev–Trinajstić information content (AvgIpc) is 2.33. The summed E-state index contributed by atoms with van der Waals surface area (Å²) in [5, 5.41) is 0.411. The Hall–Kier alpha value is -1.20. The molecular weight excluding hydrogens is 327 g/mol. The van der Waals surface area contributed by atoms with Gasteiger partial charge in [0.25, 0.3) is 0 Å². The summed E-state index contributed by atoms with van der Waals surface area (Å²) in [5.41, 5.74) is 0.645. The first-order valence-corrected chi connectivity index (χ1v) is 6.11. The average molecular weight is 335 g/mol. The van der Waals surface area contributed by atoms with Crippen LogP contribution in [-0.4, -0.2) is 4.98 Å². The van der Waals surface area contributed by atoms with Crippen LogP contribution in [0, 0.1) is 11.6 Å². The fourth-order valence-corrected chi connectivity index (χ4v) is 1.90. The summed E-state index contributed by atoms with van der Waals surface area (Å²) >= 11 is 8.94. The van der Waals surface area contributed by atoms with Crippen LogP contribution in [0.3, 0.4) is 0 Å². The maximum atomic E-state index is 13.4. The minimum Gasteiger partial charge on any atom is -0.486 e. The number of pyridine rings is 1. The number of ether oxygens (including phenoxy) is 1. The molecule has 94 valence electrons. The molecule has 0 radical (unpaired) electrons. The zero-order valence-electron chi connectivity index (χ0n) is 8.96. The van der Waals surface area contributed by atoms with E-state index in [1.807, 2.05) is 0 Å². The van der Waals surface area contributed by atoms with E-state index in [0.29, 0.717) is 15.1 Å². The van der Waals surface area contributed by atoms with Gasteiger partial charge in [-0.15, -0.1) is 0 Å². The van der Waals surface area contributed by atoms with Crippen LogP contribution < -0.4 is 4.74 Å². The predicted octanol–water partition coefficient (Wildman–Crippen LogP) is 4.35. The van der Waals surface area contributed by atoms with Gasteiger partial charge in [0.05, 0.1) is 5.02 Å².